The molecule has 0 aliphatic rings. The number of anilines is 1. The number of halogens is 2. The molecule has 0 aromatic heterocycles. The number of hydrogen-bond acceptors (Lipinski definition) is 3. The fourth-order valence-corrected chi connectivity index (χ4v) is 1.40. The molecule has 0 heterocycles. The first-order valence-corrected chi connectivity index (χ1v) is 5.06. The fourth-order valence-electron chi connectivity index (χ4n) is 0.931. The predicted octanol–water partition coefficient (Wildman–Crippen LogP) is 2.19. The minimum atomic E-state index is -0.664. The van der Waals surface area contributed by atoms with Gasteiger partial charge in [-0.1, -0.05) is 0 Å². The molecule has 76 valence electrons. The van der Waals surface area contributed by atoms with Crippen molar-refractivity contribution in [1.82, 2.24) is 0 Å². The second-order valence-corrected chi connectivity index (χ2v) is 3.63. The van der Waals surface area contributed by atoms with Crippen molar-refractivity contribution in [2.45, 2.75) is 6.92 Å². The van der Waals surface area contributed by atoms with Crippen molar-refractivity contribution in [3.05, 3.63) is 27.1 Å². The van der Waals surface area contributed by atoms with Crippen LogP contribution in [0.5, 0.6) is 0 Å². The highest BCUT2D eigenvalue weighted by atomic mass is 127. The van der Waals surface area contributed by atoms with Gasteiger partial charge < -0.3 is 10.5 Å². The van der Waals surface area contributed by atoms with E-state index in [0.717, 1.165) is 0 Å². The van der Waals surface area contributed by atoms with Crippen molar-refractivity contribution in [1.29, 1.82) is 0 Å². The molecular weight excluding hydrogens is 300 g/mol. The maximum absolute atomic E-state index is 13.4. The van der Waals surface area contributed by atoms with Gasteiger partial charge in [0, 0.05) is 5.69 Å². The minimum Gasteiger partial charge on any atom is -0.462 e. The van der Waals surface area contributed by atoms with Gasteiger partial charge in [0.15, 0.2) is 5.82 Å². The molecule has 0 aliphatic carbocycles. The van der Waals surface area contributed by atoms with E-state index in [2.05, 4.69) is 4.74 Å². The van der Waals surface area contributed by atoms with Crippen LogP contribution in [-0.2, 0) is 4.74 Å². The van der Waals surface area contributed by atoms with Gasteiger partial charge in [0.25, 0.3) is 0 Å². The molecule has 1 rings (SSSR count). The smallest absolute Gasteiger partial charge is 0.341 e. The number of hydrogen-bond donors (Lipinski definition) is 1. The average Bonchev–Trinajstić information content (AvgIpc) is 2.15. The fraction of sp³-hybridized carbons (Fsp3) is 0.222. The first-order valence-electron chi connectivity index (χ1n) is 3.98. The molecule has 0 spiro atoms. The number of carbonyl (C=O) groups is 1. The zero-order valence-corrected chi connectivity index (χ0v) is 9.67. The van der Waals surface area contributed by atoms with Crippen LogP contribution in [0, 0.1) is 9.39 Å². The molecule has 0 saturated carbocycles. The van der Waals surface area contributed by atoms with Gasteiger partial charge in [-0.2, -0.15) is 0 Å². The Morgan fingerprint density at radius 3 is 2.86 bits per heavy atom. The maximum atomic E-state index is 13.4. The van der Waals surface area contributed by atoms with Crippen LogP contribution < -0.4 is 5.73 Å². The van der Waals surface area contributed by atoms with Crippen molar-refractivity contribution in [3.63, 3.8) is 0 Å². The summed E-state index contributed by atoms with van der Waals surface area (Å²) in [5.74, 6) is -1.29. The summed E-state index contributed by atoms with van der Waals surface area (Å²) in [6.45, 7) is 1.89. The summed E-state index contributed by atoms with van der Waals surface area (Å²) in [7, 11) is 0. The Labute approximate surface area is 94.6 Å². The van der Waals surface area contributed by atoms with E-state index in [9.17, 15) is 9.18 Å². The molecule has 0 radical (unpaired) electrons. The molecule has 0 amide bonds. The molecule has 2 N–H and O–H groups in total. The number of ether oxygens (including phenoxy) is 1. The third-order valence-electron chi connectivity index (χ3n) is 1.61. The number of rotatable bonds is 2. The van der Waals surface area contributed by atoms with Crippen LogP contribution in [-0.4, -0.2) is 12.6 Å². The van der Waals surface area contributed by atoms with Crippen molar-refractivity contribution >= 4 is 34.2 Å². The first-order chi connectivity index (χ1) is 6.57. The van der Waals surface area contributed by atoms with E-state index in [1.807, 2.05) is 0 Å². The number of nitrogen functional groups attached to an aromatic ring is 1. The molecule has 0 aliphatic heterocycles. The van der Waals surface area contributed by atoms with Crippen LogP contribution in [0.15, 0.2) is 12.1 Å². The first kappa shape index (κ1) is 11.2. The third-order valence-corrected chi connectivity index (χ3v) is 2.70. The average molecular weight is 309 g/mol. The highest BCUT2D eigenvalue weighted by Crippen LogP contribution is 2.22. The van der Waals surface area contributed by atoms with Gasteiger partial charge >= 0.3 is 5.97 Å². The lowest BCUT2D eigenvalue weighted by atomic mass is 10.2. The van der Waals surface area contributed by atoms with Gasteiger partial charge in [-0.15, -0.1) is 0 Å². The summed E-state index contributed by atoms with van der Waals surface area (Å²) in [5, 5.41) is 0. The summed E-state index contributed by atoms with van der Waals surface area (Å²) < 4.78 is 18.4. The third kappa shape index (κ3) is 2.14. The monoisotopic (exact) mass is 309 g/mol. The molecule has 14 heavy (non-hydrogen) atoms. The van der Waals surface area contributed by atoms with Crippen LogP contribution in [0.3, 0.4) is 0 Å². The maximum Gasteiger partial charge on any atom is 0.341 e. The summed E-state index contributed by atoms with van der Waals surface area (Å²) in [4.78, 5) is 11.2. The molecule has 0 bridgehead atoms. The Morgan fingerprint density at radius 2 is 2.29 bits per heavy atom. The highest BCUT2D eigenvalue weighted by Gasteiger charge is 2.16. The second kappa shape index (κ2) is 4.59. The van der Waals surface area contributed by atoms with E-state index in [4.69, 9.17) is 5.73 Å². The van der Waals surface area contributed by atoms with Crippen molar-refractivity contribution in [2.75, 3.05) is 12.3 Å². The van der Waals surface area contributed by atoms with Gasteiger partial charge in [0.05, 0.1) is 15.7 Å². The van der Waals surface area contributed by atoms with Gasteiger partial charge in [-0.3, -0.25) is 0 Å². The molecule has 5 heteroatoms. The Hall–Kier alpha value is -0.850. The molecule has 0 saturated heterocycles. The normalized spacial score (nSPS) is 9.93. The van der Waals surface area contributed by atoms with Crippen LogP contribution in [0.2, 0.25) is 0 Å². The summed E-state index contributed by atoms with van der Waals surface area (Å²) in [6.07, 6.45) is 0. The standard InChI is InChI=1S/C9H9FINO2/c1-2-14-9(13)5-3-4-6(12)8(11)7(5)10/h3-4H,2,12H2,1H3. The summed E-state index contributed by atoms with van der Waals surface area (Å²) >= 11 is 1.75. The van der Waals surface area contributed by atoms with Crippen molar-refractivity contribution in [2.24, 2.45) is 0 Å². The molecule has 1 aromatic carbocycles. The van der Waals surface area contributed by atoms with Gasteiger partial charge in [-0.25, -0.2) is 9.18 Å². The van der Waals surface area contributed by atoms with E-state index >= 15 is 0 Å². The van der Waals surface area contributed by atoms with E-state index in [1.54, 1.807) is 29.5 Å². The molecule has 1 aromatic rings. The minimum absolute atomic E-state index is 0.0783. The highest BCUT2D eigenvalue weighted by molar-refractivity contribution is 14.1. The Balaban J connectivity index is 3.11. The Morgan fingerprint density at radius 1 is 1.64 bits per heavy atom. The zero-order chi connectivity index (χ0) is 10.7. The Bertz CT molecular complexity index is 368. The van der Waals surface area contributed by atoms with Crippen LogP contribution in [0.25, 0.3) is 0 Å². The van der Waals surface area contributed by atoms with Gasteiger partial charge in [0.1, 0.15) is 0 Å². The molecule has 0 fully saturated rings. The molecule has 0 atom stereocenters. The van der Waals surface area contributed by atoms with Crippen LogP contribution in [0.4, 0.5) is 10.1 Å². The van der Waals surface area contributed by atoms with E-state index in [0.29, 0.717) is 5.69 Å². The molecular formula is C9H9FINO2. The van der Waals surface area contributed by atoms with E-state index in [1.165, 1.54) is 12.1 Å². The summed E-state index contributed by atoms with van der Waals surface area (Å²) in [5.41, 5.74) is 5.70. The van der Waals surface area contributed by atoms with Crippen molar-refractivity contribution in [3.8, 4) is 0 Å². The van der Waals surface area contributed by atoms with Crippen LogP contribution >= 0.6 is 22.6 Å². The lowest BCUT2D eigenvalue weighted by molar-refractivity contribution is 0.0521. The topological polar surface area (TPSA) is 52.3 Å². The van der Waals surface area contributed by atoms with E-state index < -0.39 is 11.8 Å². The number of carbonyl (C=O) groups excluding carboxylic acids is 1. The Kier molecular flexibility index (Phi) is 3.68. The SMILES string of the molecule is CCOC(=O)c1ccc(N)c(I)c1F. The summed E-state index contributed by atoms with van der Waals surface area (Å²) in [6, 6.07) is 2.81. The number of esters is 1. The molecule has 0 unspecified atom stereocenters. The van der Waals surface area contributed by atoms with Crippen molar-refractivity contribution < 1.29 is 13.9 Å². The van der Waals surface area contributed by atoms with Gasteiger partial charge in [0.2, 0.25) is 0 Å². The molecule has 3 nitrogen and oxygen atoms in total. The number of benzene rings is 1. The quantitative estimate of drug-likeness (QED) is 0.517. The van der Waals surface area contributed by atoms with E-state index in [-0.39, 0.29) is 15.7 Å². The largest absolute Gasteiger partial charge is 0.462 e. The zero-order valence-electron chi connectivity index (χ0n) is 7.51. The lowest BCUT2D eigenvalue weighted by Gasteiger charge is -2.05. The number of nitrogens with two attached hydrogens (primary N) is 1. The predicted molar refractivity (Wildman–Crippen MR) is 59.5 cm³/mol. The lowest BCUT2D eigenvalue weighted by Crippen LogP contribution is -2.09. The second-order valence-electron chi connectivity index (χ2n) is 2.55. The van der Waals surface area contributed by atoms with Crippen LogP contribution in [0.1, 0.15) is 17.3 Å². The van der Waals surface area contributed by atoms with Gasteiger partial charge in [-0.05, 0) is 41.6 Å².